The fourth-order valence-corrected chi connectivity index (χ4v) is 4.17. The molecule has 0 fully saturated rings. The lowest BCUT2D eigenvalue weighted by Crippen LogP contribution is -2.33. The minimum absolute atomic E-state index is 0.316. The SMILES string of the molecule is CCN(CCOC)S(=O)(=O)c1csc(CCl)c1. The van der Waals surface area contributed by atoms with Crippen molar-refractivity contribution in [2.45, 2.75) is 17.7 Å². The molecule has 0 atom stereocenters. The van der Waals surface area contributed by atoms with Gasteiger partial charge in [-0.05, 0) is 6.07 Å². The van der Waals surface area contributed by atoms with Crippen LogP contribution < -0.4 is 0 Å². The number of alkyl halides is 1. The van der Waals surface area contributed by atoms with Gasteiger partial charge in [0.15, 0.2) is 0 Å². The molecule has 0 spiro atoms. The first kappa shape index (κ1) is 14.9. The Labute approximate surface area is 111 Å². The highest BCUT2D eigenvalue weighted by Gasteiger charge is 2.23. The second kappa shape index (κ2) is 6.70. The van der Waals surface area contributed by atoms with Crippen LogP contribution in [0.15, 0.2) is 16.3 Å². The third-order valence-electron chi connectivity index (χ3n) is 2.30. The molecule has 0 amide bonds. The van der Waals surface area contributed by atoms with Crippen molar-refractivity contribution >= 4 is 33.0 Å². The molecular formula is C10H16ClNO3S2. The van der Waals surface area contributed by atoms with Gasteiger partial charge in [-0.15, -0.1) is 22.9 Å². The number of likely N-dealkylation sites (N-methyl/N-ethyl adjacent to an activating group) is 1. The van der Waals surface area contributed by atoms with Crippen LogP contribution in [0.25, 0.3) is 0 Å². The summed E-state index contributed by atoms with van der Waals surface area (Å²) in [6.07, 6.45) is 0. The van der Waals surface area contributed by atoms with E-state index in [2.05, 4.69) is 0 Å². The van der Waals surface area contributed by atoms with Gasteiger partial charge in [0.2, 0.25) is 10.0 Å². The quantitative estimate of drug-likeness (QED) is 0.725. The van der Waals surface area contributed by atoms with Gasteiger partial charge in [-0.3, -0.25) is 0 Å². The van der Waals surface area contributed by atoms with Gasteiger partial charge < -0.3 is 4.74 Å². The lowest BCUT2D eigenvalue weighted by Gasteiger charge is -2.19. The van der Waals surface area contributed by atoms with Crippen LogP contribution in [0, 0.1) is 0 Å². The molecule has 0 N–H and O–H groups in total. The molecule has 4 nitrogen and oxygen atoms in total. The van der Waals surface area contributed by atoms with Gasteiger partial charge in [0, 0.05) is 30.5 Å². The molecule has 0 radical (unpaired) electrons. The van der Waals surface area contributed by atoms with E-state index in [0.29, 0.717) is 30.5 Å². The summed E-state index contributed by atoms with van der Waals surface area (Å²) in [5.41, 5.74) is 0. The normalized spacial score (nSPS) is 12.2. The maximum Gasteiger partial charge on any atom is 0.243 e. The second-order valence-corrected chi connectivity index (χ2v) is 6.57. The molecule has 0 aliphatic heterocycles. The summed E-state index contributed by atoms with van der Waals surface area (Å²) in [6.45, 7) is 2.99. The van der Waals surface area contributed by atoms with E-state index in [9.17, 15) is 8.42 Å². The topological polar surface area (TPSA) is 46.6 Å². The molecule has 0 aliphatic carbocycles. The number of hydrogen-bond donors (Lipinski definition) is 0. The van der Waals surface area contributed by atoms with Crippen LogP contribution in [0.4, 0.5) is 0 Å². The van der Waals surface area contributed by atoms with Gasteiger partial charge in [0.1, 0.15) is 0 Å². The standard InChI is InChI=1S/C10H16ClNO3S2/c1-3-12(4-5-15-2)17(13,14)10-6-9(7-11)16-8-10/h6,8H,3-5,7H2,1-2H3. The first-order valence-electron chi connectivity index (χ1n) is 5.18. The number of thiophene rings is 1. The molecule has 0 bridgehead atoms. The summed E-state index contributed by atoms with van der Waals surface area (Å²) < 4.78 is 30.8. The predicted octanol–water partition coefficient (Wildman–Crippen LogP) is 2.14. The molecule has 0 aliphatic rings. The highest BCUT2D eigenvalue weighted by molar-refractivity contribution is 7.89. The summed E-state index contributed by atoms with van der Waals surface area (Å²) in [5, 5.41) is 1.63. The monoisotopic (exact) mass is 297 g/mol. The second-order valence-electron chi connectivity index (χ2n) is 3.37. The highest BCUT2D eigenvalue weighted by Crippen LogP contribution is 2.23. The molecular weight excluding hydrogens is 282 g/mol. The molecule has 0 saturated carbocycles. The smallest absolute Gasteiger partial charge is 0.243 e. The number of hydrogen-bond acceptors (Lipinski definition) is 4. The lowest BCUT2D eigenvalue weighted by molar-refractivity contribution is 0.180. The molecule has 0 saturated heterocycles. The highest BCUT2D eigenvalue weighted by atomic mass is 35.5. The Morgan fingerprint density at radius 2 is 2.24 bits per heavy atom. The van der Waals surface area contributed by atoms with E-state index in [-0.39, 0.29) is 0 Å². The molecule has 1 heterocycles. The van der Waals surface area contributed by atoms with Gasteiger partial charge >= 0.3 is 0 Å². The van der Waals surface area contributed by atoms with Gasteiger partial charge in [0.05, 0.1) is 17.4 Å². The summed E-state index contributed by atoms with van der Waals surface area (Å²) in [4.78, 5) is 1.17. The Hall–Kier alpha value is -0.140. The maximum absolute atomic E-state index is 12.2. The molecule has 98 valence electrons. The summed E-state index contributed by atoms with van der Waals surface area (Å²) >= 11 is 7.03. The van der Waals surface area contributed by atoms with Crippen LogP contribution in [-0.2, 0) is 20.6 Å². The van der Waals surface area contributed by atoms with E-state index in [1.54, 1.807) is 18.6 Å². The zero-order valence-electron chi connectivity index (χ0n) is 9.85. The van der Waals surface area contributed by atoms with Crippen molar-refractivity contribution in [3.63, 3.8) is 0 Å². The number of methoxy groups -OCH3 is 1. The van der Waals surface area contributed by atoms with Crippen LogP contribution >= 0.6 is 22.9 Å². The van der Waals surface area contributed by atoms with Gasteiger partial charge in [-0.2, -0.15) is 4.31 Å². The van der Waals surface area contributed by atoms with E-state index in [0.717, 1.165) is 4.88 Å². The van der Waals surface area contributed by atoms with Crippen LogP contribution in [0.5, 0.6) is 0 Å². The Balaban J connectivity index is 2.91. The molecule has 0 unspecified atom stereocenters. The van der Waals surface area contributed by atoms with Crippen molar-refractivity contribution < 1.29 is 13.2 Å². The number of sulfonamides is 1. The summed E-state index contributed by atoms with van der Waals surface area (Å²) in [5.74, 6) is 0.338. The maximum atomic E-state index is 12.2. The van der Waals surface area contributed by atoms with Crippen molar-refractivity contribution in [1.82, 2.24) is 4.31 Å². The van der Waals surface area contributed by atoms with Crippen molar-refractivity contribution in [2.24, 2.45) is 0 Å². The Morgan fingerprint density at radius 1 is 1.53 bits per heavy atom. The average Bonchev–Trinajstić information content (AvgIpc) is 2.79. The first-order valence-corrected chi connectivity index (χ1v) is 8.04. The molecule has 7 heteroatoms. The summed E-state index contributed by atoms with van der Waals surface area (Å²) in [6, 6.07) is 1.63. The minimum atomic E-state index is -3.41. The van der Waals surface area contributed by atoms with E-state index in [4.69, 9.17) is 16.3 Å². The Bertz CT molecular complexity index is 444. The molecule has 17 heavy (non-hydrogen) atoms. The van der Waals surface area contributed by atoms with Crippen molar-refractivity contribution in [2.75, 3.05) is 26.8 Å². The number of nitrogens with zero attached hydrogens (tertiary/aromatic N) is 1. The molecule has 0 aromatic carbocycles. The Kier molecular flexibility index (Phi) is 5.88. The van der Waals surface area contributed by atoms with Crippen LogP contribution in [0.1, 0.15) is 11.8 Å². The average molecular weight is 298 g/mol. The van der Waals surface area contributed by atoms with Crippen molar-refractivity contribution in [1.29, 1.82) is 0 Å². The Morgan fingerprint density at radius 3 is 2.71 bits per heavy atom. The molecule has 1 aromatic rings. The van der Waals surface area contributed by atoms with E-state index in [1.165, 1.54) is 15.6 Å². The number of halogens is 1. The minimum Gasteiger partial charge on any atom is -0.383 e. The third-order valence-corrected chi connectivity index (χ3v) is 5.78. The lowest BCUT2D eigenvalue weighted by atomic mass is 10.5. The fourth-order valence-electron chi connectivity index (χ4n) is 1.36. The van der Waals surface area contributed by atoms with Gasteiger partial charge in [-0.1, -0.05) is 6.92 Å². The van der Waals surface area contributed by atoms with E-state index < -0.39 is 10.0 Å². The van der Waals surface area contributed by atoms with Gasteiger partial charge in [-0.25, -0.2) is 8.42 Å². The zero-order valence-corrected chi connectivity index (χ0v) is 12.2. The summed E-state index contributed by atoms with van der Waals surface area (Å²) in [7, 11) is -1.86. The van der Waals surface area contributed by atoms with Crippen molar-refractivity contribution in [3.05, 3.63) is 16.3 Å². The van der Waals surface area contributed by atoms with Crippen LogP contribution in [0.3, 0.4) is 0 Å². The number of rotatable bonds is 7. The van der Waals surface area contributed by atoms with E-state index in [1.807, 2.05) is 6.92 Å². The fraction of sp³-hybridized carbons (Fsp3) is 0.600. The van der Waals surface area contributed by atoms with Crippen molar-refractivity contribution in [3.8, 4) is 0 Å². The van der Waals surface area contributed by atoms with Crippen LogP contribution in [0.2, 0.25) is 0 Å². The molecule has 1 rings (SSSR count). The molecule has 1 aromatic heterocycles. The zero-order chi connectivity index (χ0) is 12.9. The third kappa shape index (κ3) is 3.66. The first-order chi connectivity index (χ1) is 8.06. The largest absolute Gasteiger partial charge is 0.383 e. The van der Waals surface area contributed by atoms with Crippen LogP contribution in [-0.4, -0.2) is 39.5 Å². The van der Waals surface area contributed by atoms with E-state index >= 15 is 0 Å². The number of ether oxygens (including phenoxy) is 1. The predicted molar refractivity (Wildman–Crippen MR) is 70.2 cm³/mol. The van der Waals surface area contributed by atoms with Gasteiger partial charge in [0.25, 0.3) is 0 Å².